The van der Waals surface area contributed by atoms with Gasteiger partial charge in [0.1, 0.15) is 11.5 Å². The first kappa shape index (κ1) is 20.2. The van der Waals surface area contributed by atoms with E-state index < -0.39 is 15.8 Å². The van der Waals surface area contributed by atoms with Crippen molar-refractivity contribution in [1.29, 1.82) is 0 Å². The molecule has 1 aliphatic heterocycles. The lowest BCUT2D eigenvalue weighted by Gasteiger charge is -2.33. The topological polar surface area (TPSA) is 83.7 Å². The van der Waals surface area contributed by atoms with Gasteiger partial charge in [0.05, 0.1) is 4.90 Å². The van der Waals surface area contributed by atoms with E-state index in [2.05, 4.69) is 5.16 Å². The van der Waals surface area contributed by atoms with Gasteiger partial charge in [0.15, 0.2) is 0 Å². The van der Waals surface area contributed by atoms with Crippen LogP contribution in [0.3, 0.4) is 0 Å². The van der Waals surface area contributed by atoms with Gasteiger partial charge in [-0.2, -0.15) is 4.31 Å². The Morgan fingerprint density at radius 3 is 2.40 bits per heavy atom. The van der Waals surface area contributed by atoms with Gasteiger partial charge >= 0.3 is 0 Å². The molecule has 0 saturated carbocycles. The van der Waals surface area contributed by atoms with Crippen molar-refractivity contribution < 1.29 is 22.1 Å². The minimum absolute atomic E-state index is 0.0970. The van der Waals surface area contributed by atoms with Crippen LogP contribution in [0.1, 0.15) is 16.1 Å². The highest BCUT2D eigenvalue weighted by Crippen LogP contribution is 2.22. The first-order valence-electron chi connectivity index (χ1n) is 9.43. The van der Waals surface area contributed by atoms with Gasteiger partial charge in [0.2, 0.25) is 15.8 Å². The molecule has 156 valence electrons. The van der Waals surface area contributed by atoms with Crippen molar-refractivity contribution >= 4 is 15.9 Å². The quantitative estimate of drug-likeness (QED) is 0.637. The monoisotopic (exact) mass is 429 g/mol. The third-order valence-corrected chi connectivity index (χ3v) is 6.92. The molecular weight excluding hydrogens is 409 g/mol. The molecule has 0 bridgehead atoms. The molecule has 1 fully saturated rings. The van der Waals surface area contributed by atoms with Crippen LogP contribution in [0.15, 0.2) is 64.0 Å². The number of nitrogens with zero attached hydrogens (tertiary/aromatic N) is 3. The summed E-state index contributed by atoms with van der Waals surface area (Å²) in [5.41, 5.74) is 2.52. The van der Waals surface area contributed by atoms with Gasteiger partial charge in [-0.1, -0.05) is 41.1 Å². The second-order valence-electron chi connectivity index (χ2n) is 7.10. The number of rotatable bonds is 4. The Bertz CT molecular complexity index is 1170. The number of benzene rings is 2. The second-order valence-corrected chi connectivity index (χ2v) is 9.03. The van der Waals surface area contributed by atoms with E-state index in [0.717, 1.165) is 17.2 Å². The lowest BCUT2D eigenvalue weighted by molar-refractivity contribution is 0.0656. The Labute approximate surface area is 173 Å². The molecule has 1 amide bonds. The maximum absolute atomic E-state index is 13.4. The van der Waals surface area contributed by atoms with Crippen LogP contribution in [0, 0.1) is 12.7 Å². The van der Waals surface area contributed by atoms with Crippen molar-refractivity contribution in [3.05, 3.63) is 71.7 Å². The van der Waals surface area contributed by atoms with Gasteiger partial charge < -0.3 is 9.42 Å². The Kier molecular flexibility index (Phi) is 5.40. The number of hydrogen-bond acceptors (Lipinski definition) is 5. The van der Waals surface area contributed by atoms with E-state index >= 15 is 0 Å². The molecule has 3 aromatic rings. The van der Waals surface area contributed by atoms with Crippen LogP contribution < -0.4 is 0 Å². The zero-order valence-corrected chi connectivity index (χ0v) is 17.1. The molecule has 0 radical (unpaired) electrons. The summed E-state index contributed by atoms with van der Waals surface area (Å²) < 4.78 is 45.3. The number of aromatic nitrogens is 1. The lowest BCUT2D eigenvalue weighted by atomic mass is 10.1. The molecule has 7 nitrogen and oxygen atoms in total. The molecular formula is C21H20FN3O4S. The van der Waals surface area contributed by atoms with Gasteiger partial charge in [0.25, 0.3) is 5.91 Å². The predicted octanol–water partition coefficient (Wildman–Crippen LogP) is 2.94. The molecule has 0 unspecified atom stereocenters. The molecule has 0 N–H and O–H groups in total. The molecule has 0 atom stereocenters. The second kappa shape index (κ2) is 8.00. The average Bonchev–Trinajstić information content (AvgIpc) is 3.24. The van der Waals surface area contributed by atoms with Crippen molar-refractivity contribution in [2.75, 3.05) is 26.2 Å². The summed E-state index contributed by atoms with van der Waals surface area (Å²) in [6.07, 6.45) is 0. The Balaban J connectivity index is 1.43. The fourth-order valence-corrected chi connectivity index (χ4v) is 4.75. The molecule has 2 aromatic carbocycles. The number of carbonyl (C=O) groups excluding carboxylic acids is 1. The molecule has 1 aromatic heterocycles. The van der Waals surface area contributed by atoms with E-state index in [1.165, 1.54) is 27.4 Å². The molecule has 0 spiro atoms. The van der Waals surface area contributed by atoms with Gasteiger partial charge in [-0.25, -0.2) is 12.8 Å². The van der Waals surface area contributed by atoms with E-state index in [4.69, 9.17) is 4.52 Å². The molecule has 30 heavy (non-hydrogen) atoms. The van der Waals surface area contributed by atoms with Crippen LogP contribution >= 0.6 is 0 Å². The summed E-state index contributed by atoms with van der Waals surface area (Å²) in [6, 6.07) is 14.2. The van der Waals surface area contributed by atoms with Gasteiger partial charge in [-0.3, -0.25) is 4.79 Å². The fourth-order valence-electron chi connectivity index (χ4n) is 3.30. The third kappa shape index (κ3) is 3.99. The van der Waals surface area contributed by atoms with Crippen LogP contribution in [-0.4, -0.2) is 54.9 Å². The zero-order chi connectivity index (χ0) is 21.3. The predicted molar refractivity (Wildman–Crippen MR) is 108 cm³/mol. The number of hydrogen-bond donors (Lipinski definition) is 0. The van der Waals surface area contributed by atoms with Crippen LogP contribution in [0.2, 0.25) is 0 Å². The first-order valence-corrected chi connectivity index (χ1v) is 10.9. The fraction of sp³-hybridized carbons (Fsp3) is 0.238. The molecule has 1 saturated heterocycles. The van der Waals surface area contributed by atoms with Crippen LogP contribution in [0.4, 0.5) is 4.39 Å². The van der Waals surface area contributed by atoms with E-state index in [1.54, 1.807) is 6.07 Å². The smallest absolute Gasteiger partial charge is 0.292 e. The number of carbonyl (C=O) groups is 1. The number of piperazine rings is 1. The summed E-state index contributed by atoms with van der Waals surface area (Å²) in [5, 5.41) is 3.97. The highest BCUT2D eigenvalue weighted by molar-refractivity contribution is 7.89. The van der Waals surface area contributed by atoms with Crippen molar-refractivity contribution in [3.63, 3.8) is 0 Å². The Morgan fingerprint density at radius 2 is 1.73 bits per heavy atom. The van der Waals surface area contributed by atoms with Crippen molar-refractivity contribution in [2.45, 2.75) is 11.8 Å². The molecule has 2 heterocycles. The minimum atomic E-state index is -3.81. The van der Waals surface area contributed by atoms with Gasteiger partial charge in [-0.05, 0) is 25.1 Å². The van der Waals surface area contributed by atoms with Crippen molar-refractivity contribution in [3.8, 4) is 11.3 Å². The van der Waals surface area contributed by atoms with Crippen LogP contribution in [0.25, 0.3) is 11.3 Å². The van der Waals surface area contributed by atoms with Gasteiger partial charge in [0, 0.05) is 37.8 Å². The zero-order valence-electron chi connectivity index (χ0n) is 16.3. The highest BCUT2D eigenvalue weighted by Gasteiger charge is 2.31. The number of halogens is 1. The Hall–Kier alpha value is -3.04. The van der Waals surface area contributed by atoms with E-state index in [-0.39, 0.29) is 42.7 Å². The molecule has 9 heteroatoms. The standard InChI is InChI=1S/C21H20FN3O4S/c1-15-5-7-16(8-6-15)19-14-20(29-23-19)21(26)24-9-11-25(12-10-24)30(27,28)18-4-2-3-17(22)13-18/h2-8,13-14H,9-12H2,1H3. The van der Waals surface area contributed by atoms with Crippen molar-refractivity contribution in [1.82, 2.24) is 14.4 Å². The number of aryl methyl sites for hydroxylation is 1. The van der Waals surface area contributed by atoms with Gasteiger partial charge in [-0.15, -0.1) is 0 Å². The van der Waals surface area contributed by atoms with Crippen molar-refractivity contribution in [2.24, 2.45) is 0 Å². The van der Waals surface area contributed by atoms with E-state index in [1.807, 2.05) is 31.2 Å². The van der Waals surface area contributed by atoms with Crippen LogP contribution in [0.5, 0.6) is 0 Å². The highest BCUT2D eigenvalue weighted by atomic mass is 32.2. The molecule has 4 rings (SSSR count). The molecule has 0 aliphatic carbocycles. The van der Waals surface area contributed by atoms with Crippen LogP contribution in [-0.2, 0) is 10.0 Å². The Morgan fingerprint density at radius 1 is 1.03 bits per heavy atom. The summed E-state index contributed by atoms with van der Waals surface area (Å²) in [4.78, 5) is 14.2. The molecule has 1 aliphatic rings. The SMILES string of the molecule is Cc1ccc(-c2cc(C(=O)N3CCN(S(=O)(=O)c4cccc(F)c4)CC3)on2)cc1. The third-order valence-electron chi connectivity index (χ3n) is 5.03. The van der Waals surface area contributed by atoms with E-state index in [9.17, 15) is 17.6 Å². The summed E-state index contributed by atoms with van der Waals surface area (Å²) in [5.74, 6) is -0.852. The number of amides is 1. The van der Waals surface area contributed by atoms with E-state index in [0.29, 0.717) is 5.69 Å². The summed E-state index contributed by atoms with van der Waals surface area (Å²) in [7, 11) is -3.81. The normalized spacial score (nSPS) is 15.3. The lowest BCUT2D eigenvalue weighted by Crippen LogP contribution is -2.50. The summed E-state index contributed by atoms with van der Waals surface area (Å²) in [6.45, 7) is 2.62. The number of sulfonamides is 1. The maximum Gasteiger partial charge on any atom is 0.292 e. The summed E-state index contributed by atoms with van der Waals surface area (Å²) >= 11 is 0. The average molecular weight is 429 g/mol. The minimum Gasteiger partial charge on any atom is -0.350 e. The largest absolute Gasteiger partial charge is 0.350 e. The maximum atomic E-state index is 13.4. The first-order chi connectivity index (χ1) is 14.3.